The van der Waals surface area contributed by atoms with Gasteiger partial charge in [0, 0.05) is 24.2 Å². The summed E-state index contributed by atoms with van der Waals surface area (Å²) < 4.78 is 10.4. The molecule has 0 aliphatic carbocycles. The van der Waals surface area contributed by atoms with Gasteiger partial charge in [-0.05, 0) is 12.1 Å². The van der Waals surface area contributed by atoms with E-state index in [1.807, 2.05) is 12.1 Å². The van der Waals surface area contributed by atoms with Gasteiger partial charge in [-0.3, -0.25) is 0 Å². The lowest BCUT2D eigenvalue weighted by atomic mass is 10.1. The normalized spacial score (nSPS) is 10.0. The fourth-order valence-corrected chi connectivity index (χ4v) is 1.48. The molecular formula is C10H16N2O2. The summed E-state index contributed by atoms with van der Waals surface area (Å²) in [6.45, 7) is 0.791. The van der Waals surface area contributed by atoms with Crippen LogP contribution < -0.4 is 20.9 Å². The topological polar surface area (TPSA) is 70.5 Å². The number of nitrogens with two attached hydrogens (primary N) is 2. The van der Waals surface area contributed by atoms with E-state index in [2.05, 4.69) is 0 Å². The quantitative estimate of drug-likeness (QED) is 0.740. The van der Waals surface area contributed by atoms with E-state index in [1.165, 1.54) is 0 Å². The zero-order chi connectivity index (χ0) is 10.6. The lowest BCUT2D eigenvalue weighted by molar-refractivity contribution is 0.394. The first kappa shape index (κ1) is 10.8. The van der Waals surface area contributed by atoms with Crippen LogP contribution in [0.25, 0.3) is 0 Å². The van der Waals surface area contributed by atoms with Crippen LogP contribution in [-0.2, 0) is 13.1 Å². The van der Waals surface area contributed by atoms with Crippen LogP contribution >= 0.6 is 0 Å². The van der Waals surface area contributed by atoms with E-state index >= 15 is 0 Å². The second-order valence-corrected chi connectivity index (χ2v) is 2.84. The van der Waals surface area contributed by atoms with Crippen LogP contribution in [0.15, 0.2) is 12.1 Å². The van der Waals surface area contributed by atoms with E-state index in [4.69, 9.17) is 20.9 Å². The van der Waals surface area contributed by atoms with Crippen molar-refractivity contribution in [1.29, 1.82) is 0 Å². The largest absolute Gasteiger partial charge is 0.496 e. The van der Waals surface area contributed by atoms with Crippen LogP contribution in [0.5, 0.6) is 11.5 Å². The predicted octanol–water partition coefficient (Wildman–Crippen LogP) is 0.621. The van der Waals surface area contributed by atoms with Crippen molar-refractivity contribution in [1.82, 2.24) is 0 Å². The van der Waals surface area contributed by atoms with Crippen LogP contribution in [0.4, 0.5) is 0 Å². The van der Waals surface area contributed by atoms with E-state index in [0.29, 0.717) is 13.1 Å². The Labute approximate surface area is 83.8 Å². The molecule has 0 heterocycles. The Morgan fingerprint density at radius 2 is 1.29 bits per heavy atom. The van der Waals surface area contributed by atoms with Gasteiger partial charge in [0.25, 0.3) is 0 Å². The molecule has 4 heteroatoms. The molecule has 0 atom stereocenters. The first-order valence-electron chi connectivity index (χ1n) is 4.41. The van der Waals surface area contributed by atoms with Crippen LogP contribution in [0.2, 0.25) is 0 Å². The van der Waals surface area contributed by atoms with E-state index < -0.39 is 0 Å². The Bertz CT molecular complexity index is 282. The fourth-order valence-electron chi connectivity index (χ4n) is 1.48. The minimum atomic E-state index is 0.396. The molecule has 4 nitrogen and oxygen atoms in total. The van der Waals surface area contributed by atoms with E-state index in [-0.39, 0.29) is 0 Å². The van der Waals surface area contributed by atoms with Crippen molar-refractivity contribution in [2.24, 2.45) is 11.5 Å². The van der Waals surface area contributed by atoms with Crippen molar-refractivity contribution in [2.45, 2.75) is 13.1 Å². The maximum atomic E-state index is 5.64. The summed E-state index contributed by atoms with van der Waals surface area (Å²) >= 11 is 0. The van der Waals surface area contributed by atoms with Gasteiger partial charge in [0.15, 0.2) is 0 Å². The molecule has 0 aliphatic rings. The van der Waals surface area contributed by atoms with Crippen molar-refractivity contribution in [3.05, 3.63) is 23.3 Å². The highest BCUT2D eigenvalue weighted by atomic mass is 16.5. The molecule has 0 aromatic heterocycles. The third kappa shape index (κ3) is 1.81. The number of rotatable bonds is 4. The molecule has 0 amide bonds. The van der Waals surface area contributed by atoms with Crippen molar-refractivity contribution in [3.63, 3.8) is 0 Å². The molecule has 0 unspecified atom stereocenters. The van der Waals surface area contributed by atoms with Crippen molar-refractivity contribution < 1.29 is 9.47 Å². The molecule has 0 aliphatic heterocycles. The molecule has 1 aromatic rings. The standard InChI is InChI=1S/C10H16N2O2/c1-13-9-3-4-10(14-2)8(6-12)7(9)5-11/h3-4H,5-6,11-12H2,1-2H3. The van der Waals surface area contributed by atoms with Gasteiger partial charge in [0.1, 0.15) is 11.5 Å². The molecule has 0 saturated carbocycles. The first-order valence-corrected chi connectivity index (χ1v) is 4.41. The van der Waals surface area contributed by atoms with Gasteiger partial charge >= 0.3 is 0 Å². The molecule has 1 rings (SSSR count). The number of ether oxygens (including phenoxy) is 2. The Morgan fingerprint density at radius 1 is 0.929 bits per heavy atom. The summed E-state index contributed by atoms with van der Waals surface area (Å²) in [7, 11) is 3.22. The predicted molar refractivity (Wildman–Crippen MR) is 55.3 cm³/mol. The zero-order valence-electron chi connectivity index (χ0n) is 8.54. The number of methoxy groups -OCH3 is 2. The van der Waals surface area contributed by atoms with Gasteiger partial charge in [-0.1, -0.05) is 0 Å². The molecule has 0 bridgehead atoms. The highest BCUT2D eigenvalue weighted by Gasteiger charge is 2.11. The molecule has 0 spiro atoms. The highest BCUT2D eigenvalue weighted by molar-refractivity contribution is 5.48. The maximum Gasteiger partial charge on any atom is 0.123 e. The minimum Gasteiger partial charge on any atom is -0.496 e. The third-order valence-corrected chi connectivity index (χ3v) is 2.19. The van der Waals surface area contributed by atoms with E-state index in [1.54, 1.807) is 14.2 Å². The summed E-state index contributed by atoms with van der Waals surface area (Å²) in [4.78, 5) is 0. The summed E-state index contributed by atoms with van der Waals surface area (Å²) in [5.41, 5.74) is 13.1. The average Bonchev–Trinajstić information content (AvgIpc) is 2.26. The lowest BCUT2D eigenvalue weighted by Gasteiger charge is -2.14. The number of hydrogen-bond acceptors (Lipinski definition) is 4. The van der Waals surface area contributed by atoms with Crippen LogP contribution in [0, 0.1) is 0 Å². The van der Waals surface area contributed by atoms with Crippen molar-refractivity contribution >= 4 is 0 Å². The second kappa shape index (κ2) is 4.83. The van der Waals surface area contributed by atoms with Gasteiger partial charge < -0.3 is 20.9 Å². The number of benzene rings is 1. The molecule has 1 aromatic carbocycles. The minimum absolute atomic E-state index is 0.396. The average molecular weight is 196 g/mol. The van der Waals surface area contributed by atoms with Crippen LogP contribution in [0.3, 0.4) is 0 Å². The molecule has 0 fully saturated rings. The Hall–Kier alpha value is -1.26. The zero-order valence-corrected chi connectivity index (χ0v) is 8.54. The summed E-state index contributed by atoms with van der Waals surface area (Å²) in [6, 6.07) is 3.67. The van der Waals surface area contributed by atoms with Crippen LogP contribution in [-0.4, -0.2) is 14.2 Å². The Kier molecular flexibility index (Phi) is 3.73. The molecular weight excluding hydrogens is 180 g/mol. The van der Waals surface area contributed by atoms with Gasteiger partial charge in [-0.15, -0.1) is 0 Å². The van der Waals surface area contributed by atoms with Gasteiger partial charge in [-0.25, -0.2) is 0 Å². The van der Waals surface area contributed by atoms with Gasteiger partial charge in [0.05, 0.1) is 14.2 Å². The Morgan fingerprint density at radius 3 is 1.50 bits per heavy atom. The molecule has 0 saturated heterocycles. The maximum absolute atomic E-state index is 5.64. The lowest BCUT2D eigenvalue weighted by Crippen LogP contribution is -2.09. The second-order valence-electron chi connectivity index (χ2n) is 2.84. The fraction of sp³-hybridized carbons (Fsp3) is 0.400. The van der Waals surface area contributed by atoms with E-state index in [0.717, 1.165) is 22.6 Å². The van der Waals surface area contributed by atoms with Crippen molar-refractivity contribution in [3.8, 4) is 11.5 Å². The van der Waals surface area contributed by atoms with Crippen LogP contribution in [0.1, 0.15) is 11.1 Å². The monoisotopic (exact) mass is 196 g/mol. The van der Waals surface area contributed by atoms with Gasteiger partial charge in [-0.2, -0.15) is 0 Å². The number of hydrogen-bond donors (Lipinski definition) is 2. The molecule has 14 heavy (non-hydrogen) atoms. The molecule has 0 radical (unpaired) electrons. The Balaban J connectivity index is 3.28. The molecule has 78 valence electrons. The van der Waals surface area contributed by atoms with Crippen molar-refractivity contribution in [2.75, 3.05) is 14.2 Å². The molecule has 4 N–H and O–H groups in total. The third-order valence-electron chi connectivity index (χ3n) is 2.19. The smallest absolute Gasteiger partial charge is 0.123 e. The summed E-state index contributed by atoms with van der Waals surface area (Å²) in [6.07, 6.45) is 0. The highest BCUT2D eigenvalue weighted by Crippen LogP contribution is 2.29. The van der Waals surface area contributed by atoms with E-state index in [9.17, 15) is 0 Å². The first-order chi connectivity index (χ1) is 6.78. The SMILES string of the molecule is COc1ccc(OC)c(CN)c1CN. The summed E-state index contributed by atoms with van der Waals surface area (Å²) in [5.74, 6) is 1.52. The van der Waals surface area contributed by atoms with Gasteiger partial charge in [0.2, 0.25) is 0 Å². The summed E-state index contributed by atoms with van der Waals surface area (Å²) in [5, 5.41) is 0.